The number of fused-ring (bicyclic) bond motifs is 1. The van der Waals surface area contributed by atoms with Crippen molar-refractivity contribution in [3.05, 3.63) is 45.8 Å². The second kappa shape index (κ2) is 10.1. The highest BCUT2D eigenvalue weighted by Crippen LogP contribution is 2.28. The molecule has 0 spiro atoms. The first-order valence-corrected chi connectivity index (χ1v) is 13.5. The van der Waals surface area contributed by atoms with Crippen LogP contribution in [0.3, 0.4) is 0 Å². The molecular weight excluding hydrogens is 432 g/mol. The van der Waals surface area contributed by atoms with Crippen LogP contribution < -0.4 is 10.2 Å². The molecule has 1 N–H and O–H groups in total. The molecule has 3 heterocycles. The molecule has 0 saturated carbocycles. The van der Waals surface area contributed by atoms with E-state index in [1.807, 2.05) is 24.3 Å². The molecule has 1 saturated heterocycles. The second-order valence-electron chi connectivity index (χ2n) is 8.12. The van der Waals surface area contributed by atoms with Gasteiger partial charge in [-0.1, -0.05) is 18.9 Å². The summed E-state index contributed by atoms with van der Waals surface area (Å²) in [4.78, 5) is 21.0. The average molecular weight is 463 g/mol. The van der Waals surface area contributed by atoms with Crippen LogP contribution in [-0.4, -0.2) is 62.1 Å². The van der Waals surface area contributed by atoms with Crippen molar-refractivity contribution in [1.82, 2.24) is 14.6 Å². The zero-order chi connectivity index (χ0) is 21.7. The number of anilines is 1. The summed E-state index contributed by atoms with van der Waals surface area (Å²) < 4.78 is 27.0. The minimum atomic E-state index is -3.40. The van der Waals surface area contributed by atoms with Crippen LogP contribution in [0, 0.1) is 0 Å². The fraction of sp³-hybridized carbons (Fsp3) is 0.545. The van der Waals surface area contributed by atoms with E-state index >= 15 is 0 Å². The number of nitrogens with zero attached hydrogens (tertiary/aromatic N) is 3. The van der Waals surface area contributed by atoms with Gasteiger partial charge in [0.05, 0.1) is 10.6 Å². The highest BCUT2D eigenvalue weighted by atomic mass is 32.2. The quantitative estimate of drug-likeness (QED) is 0.714. The molecule has 1 aliphatic carbocycles. The summed E-state index contributed by atoms with van der Waals surface area (Å²) in [5.41, 5.74) is 1.30. The first-order chi connectivity index (χ1) is 15.0. The summed E-state index contributed by atoms with van der Waals surface area (Å²) in [6.07, 6.45) is 8.70. The van der Waals surface area contributed by atoms with Gasteiger partial charge in [0, 0.05) is 43.8 Å². The summed E-state index contributed by atoms with van der Waals surface area (Å²) in [5.74, 6) is 0.636. The lowest BCUT2D eigenvalue weighted by atomic mass is 10.00. The number of hydrogen-bond acceptors (Lipinski definition) is 6. The van der Waals surface area contributed by atoms with Gasteiger partial charge in [0.25, 0.3) is 5.91 Å². The van der Waals surface area contributed by atoms with Crippen molar-refractivity contribution in [3.8, 4) is 0 Å². The molecule has 4 rings (SSSR count). The Morgan fingerprint density at radius 3 is 2.58 bits per heavy atom. The smallest absolute Gasteiger partial charge is 0.261 e. The predicted octanol–water partition coefficient (Wildman–Crippen LogP) is 2.68. The predicted molar refractivity (Wildman–Crippen MR) is 124 cm³/mol. The average Bonchev–Trinajstić information content (AvgIpc) is 3.16. The summed E-state index contributed by atoms with van der Waals surface area (Å²) in [6.45, 7) is 2.23. The lowest BCUT2D eigenvalue weighted by Crippen LogP contribution is -2.50. The maximum absolute atomic E-state index is 12.7. The van der Waals surface area contributed by atoms with E-state index in [4.69, 9.17) is 0 Å². The first-order valence-electron chi connectivity index (χ1n) is 11.1. The van der Waals surface area contributed by atoms with Crippen molar-refractivity contribution in [2.45, 2.75) is 38.5 Å². The molecule has 31 heavy (non-hydrogen) atoms. The number of nitrogens with one attached hydrogen (secondary N) is 1. The normalized spacial score (nSPS) is 18.1. The van der Waals surface area contributed by atoms with Gasteiger partial charge in [-0.2, -0.15) is 4.31 Å². The highest BCUT2D eigenvalue weighted by molar-refractivity contribution is 7.89. The van der Waals surface area contributed by atoms with Gasteiger partial charge in [-0.25, -0.2) is 13.4 Å². The number of piperazine rings is 1. The van der Waals surface area contributed by atoms with E-state index in [0.717, 1.165) is 18.7 Å². The van der Waals surface area contributed by atoms with E-state index in [1.54, 1.807) is 17.5 Å². The van der Waals surface area contributed by atoms with E-state index in [0.29, 0.717) is 31.1 Å². The van der Waals surface area contributed by atoms with Crippen molar-refractivity contribution >= 4 is 33.1 Å². The van der Waals surface area contributed by atoms with Crippen LogP contribution in [0.15, 0.2) is 30.5 Å². The van der Waals surface area contributed by atoms with Crippen LogP contribution in [0.4, 0.5) is 5.82 Å². The number of sulfonamides is 1. The van der Waals surface area contributed by atoms with Crippen LogP contribution >= 0.6 is 11.3 Å². The number of rotatable bonds is 6. The third-order valence-corrected chi connectivity index (χ3v) is 9.08. The monoisotopic (exact) mass is 462 g/mol. The maximum Gasteiger partial charge on any atom is 0.261 e. The van der Waals surface area contributed by atoms with Gasteiger partial charge in [0.15, 0.2) is 0 Å². The molecule has 2 aliphatic rings. The summed E-state index contributed by atoms with van der Waals surface area (Å²) in [7, 11) is -3.40. The Labute approximate surface area is 188 Å². The zero-order valence-corrected chi connectivity index (χ0v) is 19.4. The third-order valence-electron chi connectivity index (χ3n) is 5.97. The van der Waals surface area contributed by atoms with Crippen molar-refractivity contribution < 1.29 is 13.2 Å². The minimum Gasteiger partial charge on any atom is -0.354 e. The van der Waals surface area contributed by atoms with E-state index in [-0.39, 0.29) is 18.2 Å². The molecule has 1 aliphatic heterocycles. The lowest BCUT2D eigenvalue weighted by Gasteiger charge is -2.34. The molecule has 1 amide bonds. The standard InChI is InChI=1S/C22H30N4O3S2/c27-22(20-17-18-7-3-1-2-4-8-19(18)30-20)24-11-16-31(28,29)26-14-12-25(13-15-26)21-9-5-6-10-23-21/h5-6,9-10,17H,1-4,7-8,11-16H2,(H,24,27). The van der Waals surface area contributed by atoms with E-state index < -0.39 is 10.0 Å². The largest absolute Gasteiger partial charge is 0.354 e. The number of carbonyl (C=O) groups is 1. The molecular formula is C22H30N4O3S2. The minimum absolute atomic E-state index is 0.0760. The molecule has 0 unspecified atom stereocenters. The molecule has 0 aromatic carbocycles. The Morgan fingerprint density at radius 2 is 1.84 bits per heavy atom. The molecule has 0 atom stereocenters. The van der Waals surface area contributed by atoms with Crippen LogP contribution in [0.1, 0.15) is 45.8 Å². The van der Waals surface area contributed by atoms with Crippen LogP contribution in [0.5, 0.6) is 0 Å². The molecule has 2 aromatic rings. The fourth-order valence-corrected chi connectivity index (χ4v) is 6.71. The van der Waals surface area contributed by atoms with Crippen LogP contribution in [-0.2, 0) is 22.9 Å². The SMILES string of the molecule is O=C(NCCS(=O)(=O)N1CCN(c2ccccn2)CC1)c1cc2c(s1)CCCCCC2. The Hall–Kier alpha value is -1.97. The van der Waals surface area contributed by atoms with Gasteiger partial charge < -0.3 is 10.2 Å². The molecule has 0 bridgehead atoms. The number of carbonyl (C=O) groups excluding carboxylic acids is 1. The van der Waals surface area contributed by atoms with Gasteiger partial charge in [0.2, 0.25) is 10.0 Å². The molecule has 7 nitrogen and oxygen atoms in total. The number of hydrogen-bond donors (Lipinski definition) is 1. The number of aryl methyl sites for hydroxylation is 2. The molecule has 0 radical (unpaired) electrons. The van der Waals surface area contributed by atoms with Gasteiger partial charge in [-0.15, -0.1) is 11.3 Å². The Bertz CT molecular complexity index is 958. The second-order valence-corrected chi connectivity index (χ2v) is 11.3. The molecule has 1 fully saturated rings. The van der Waals surface area contributed by atoms with Crippen molar-refractivity contribution in [2.75, 3.05) is 43.4 Å². The van der Waals surface area contributed by atoms with Crippen molar-refractivity contribution in [2.24, 2.45) is 0 Å². The van der Waals surface area contributed by atoms with Gasteiger partial charge >= 0.3 is 0 Å². The zero-order valence-electron chi connectivity index (χ0n) is 17.8. The lowest BCUT2D eigenvalue weighted by molar-refractivity contribution is 0.0960. The number of thiophene rings is 1. The van der Waals surface area contributed by atoms with Gasteiger partial charge in [-0.3, -0.25) is 4.79 Å². The Morgan fingerprint density at radius 1 is 1.06 bits per heavy atom. The Balaban J connectivity index is 1.26. The van der Waals surface area contributed by atoms with E-state index in [1.165, 1.54) is 40.4 Å². The van der Waals surface area contributed by atoms with Crippen LogP contribution in [0.25, 0.3) is 0 Å². The number of aromatic nitrogens is 1. The maximum atomic E-state index is 12.7. The molecule has 2 aromatic heterocycles. The summed E-state index contributed by atoms with van der Waals surface area (Å²) in [5, 5.41) is 2.81. The molecule has 168 valence electrons. The third kappa shape index (κ3) is 5.64. The summed E-state index contributed by atoms with van der Waals surface area (Å²) >= 11 is 1.57. The topological polar surface area (TPSA) is 82.6 Å². The van der Waals surface area contributed by atoms with Gasteiger partial charge in [0.1, 0.15) is 5.82 Å². The van der Waals surface area contributed by atoms with Crippen molar-refractivity contribution in [1.29, 1.82) is 0 Å². The fourth-order valence-electron chi connectivity index (χ4n) is 4.20. The Kier molecular flexibility index (Phi) is 7.24. The number of amides is 1. The summed E-state index contributed by atoms with van der Waals surface area (Å²) in [6, 6.07) is 7.74. The number of pyridine rings is 1. The highest BCUT2D eigenvalue weighted by Gasteiger charge is 2.27. The first kappa shape index (κ1) is 22.2. The van der Waals surface area contributed by atoms with Crippen LogP contribution in [0.2, 0.25) is 0 Å². The molecule has 9 heteroatoms. The van der Waals surface area contributed by atoms with E-state index in [2.05, 4.69) is 15.2 Å². The van der Waals surface area contributed by atoms with Crippen molar-refractivity contribution in [3.63, 3.8) is 0 Å². The van der Waals surface area contributed by atoms with Gasteiger partial charge in [-0.05, 0) is 49.4 Å². The van der Waals surface area contributed by atoms with E-state index in [9.17, 15) is 13.2 Å².